The molecule has 1 amide bonds. The Kier molecular flexibility index (Phi) is 6.20. The molecule has 3 fully saturated rings. The predicted molar refractivity (Wildman–Crippen MR) is 105 cm³/mol. The minimum atomic E-state index is 0. The van der Waals surface area contributed by atoms with Gasteiger partial charge in [-0.05, 0) is 62.1 Å². The van der Waals surface area contributed by atoms with Crippen molar-refractivity contribution in [2.45, 2.75) is 63.1 Å². The van der Waals surface area contributed by atoms with E-state index in [1.54, 1.807) is 0 Å². The number of carbonyl (C=O) groups excluding carboxylic acids is 1. The van der Waals surface area contributed by atoms with Gasteiger partial charge in [0.05, 0.1) is 16.1 Å². The molecule has 0 saturated carbocycles. The van der Waals surface area contributed by atoms with Gasteiger partial charge in [0.15, 0.2) is 0 Å². The van der Waals surface area contributed by atoms with Gasteiger partial charge in [0.2, 0.25) is 5.91 Å². The Bertz CT molecular complexity index is 627. The van der Waals surface area contributed by atoms with Gasteiger partial charge >= 0.3 is 0 Å². The van der Waals surface area contributed by atoms with Gasteiger partial charge in [-0.1, -0.05) is 29.3 Å². The summed E-state index contributed by atoms with van der Waals surface area (Å²) in [5.74, 6) is 0.862. The van der Waals surface area contributed by atoms with E-state index >= 15 is 0 Å². The number of fused-ring (bicyclic) bond motifs is 2. The lowest BCUT2D eigenvalue weighted by Crippen LogP contribution is -2.40. The second-order valence-corrected chi connectivity index (χ2v) is 8.41. The first kappa shape index (κ1) is 19.3. The molecule has 0 radical (unpaired) electrons. The van der Waals surface area contributed by atoms with Gasteiger partial charge in [-0.3, -0.25) is 4.79 Å². The molecular formula is C19H25Cl3N2O. The number of nitrogens with zero attached hydrogens (tertiary/aromatic N) is 1. The van der Waals surface area contributed by atoms with E-state index in [1.165, 1.54) is 12.8 Å². The lowest BCUT2D eigenvalue weighted by molar-refractivity contribution is -0.133. The summed E-state index contributed by atoms with van der Waals surface area (Å²) in [6.07, 6.45) is 7.67. The number of hydrogen-bond donors (Lipinski definition) is 1. The third-order valence-electron chi connectivity index (χ3n) is 5.94. The topological polar surface area (TPSA) is 32.3 Å². The molecule has 3 saturated heterocycles. The van der Waals surface area contributed by atoms with Gasteiger partial charge < -0.3 is 10.2 Å². The Labute approximate surface area is 165 Å². The number of hydrogen-bond acceptors (Lipinski definition) is 2. The molecule has 1 N–H and O–H groups in total. The molecule has 3 nitrogen and oxygen atoms in total. The molecule has 3 aliphatic heterocycles. The quantitative estimate of drug-likeness (QED) is 0.770. The van der Waals surface area contributed by atoms with Crippen molar-refractivity contribution in [1.82, 2.24) is 10.2 Å². The zero-order chi connectivity index (χ0) is 16.7. The Balaban J connectivity index is 0.00000182. The third kappa shape index (κ3) is 4.10. The molecule has 1 aromatic rings. The molecule has 0 aromatic heterocycles. The fraction of sp³-hybridized carbons (Fsp3) is 0.632. The van der Waals surface area contributed by atoms with Crippen LogP contribution in [0.5, 0.6) is 0 Å². The number of benzene rings is 1. The number of carbonyl (C=O) groups is 1. The maximum atomic E-state index is 12.9. The van der Waals surface area contributed by atoms with Crippen LogP contribution in [-0.2, 0) is 4.79 Å². The molecule has 6 heteroatoms. The molecule has 2 bridgehead atoms. The summed E-state index contributed by atoms with van der Waals surface area (Å²) in [6.45, 7) is 0.863. The average Bonchev–Trinajstić information content (AvgIpc) is 3.17. The van der Waals surface area contributed by atoms with Crippen LogP contribution in [0.1, 0.15) is 56.6 Å². The van der Waals surface area contributed by atoms with E-state index in [0.717, 1.165) is 37.8 Å². The lowest BCUT2D eigenvalue weighted by atomic mass is 9.89. The molecule has 138 valence electrons. The molecule has 25 heavy (non-hydrogen) atoms. The van der Waals surface area contributed by atoms with Gasteiger partial charge in [0.25, 0.3) is 0 Å². The summed E-state index contributed by atoms with van der Waals surface area (Å²) in [5.41, 5.74) is 1.11. The fourth-order valence-electron chi connectivity index (χ4n) is 4.84. The third-order valence-corrected chi connectivity index (χ3v) is 6.67. The van der Waals surface area contributed by atoms with Gasteiger partial charge in [0, 0.05) is 25.0 Å². The predicted octanol–water partition coefficient (Wildman–Crippen LogP) is 5.00. The molecule has 1 aromatic carbocycles. The van der Waals surface area contributed by atoms with Crippen LogP contribution >= 0.6 is 35.6 Å². The number of likely N-dealkylation sites (tertiary alicyclic amines) is 1. The normalized spacial score (nSPS) is 31.0. The van der Waals surface area contributed by atoms with E-state index in [4.69, 9.17) is 23.2 Å². The molecular weight excluding hydrogens is 379 g/mol. The van der Waals surface area contributed by atoms with Crippen molar-refractivity contribution in [3.63, 3.8) is 0 Å². The average molecular weight is 404 g/mol. The highest BCUT2D eigenvalue weighted by Gasteiger charge is 2.36. The highest BCUT2D eigenvalue weighted by atomic mass is 35.5. The van der Waals surface area contributed by atoms with E-state index in [1.807, 2.05) is 18.2 Å². The Morgan fingerprint density at radius 3 is 2.52 bits per heavy atom. The molecule has 0 aliphatic carbocycles. The van der Waals surface area contributed by atoms with Gasteiger partial charge in [0.1, 0.15) is 0 Å². The van der Waals surface area contributed by atoms with Crippen LogP contribution in [0.2, 0.25) is 10.0 Å². The highest BCUT2D eigenvalue weighted by molar-refractivity contribution is 6.42. The number of amides is 1. The number of rotatable bonds is 3. The van der Waals surface area contributed by atoms with Crippen LogP contribution in [0.15, 0.2) is 18.2 Å². The first-order valence-electron chi connectivity index (χ1n) is 9.10. The molecule has 4 rings (SSSR count). The van der Waals surface area contributed by atoms with Crippen molar-refractivity contribution in [2.24, 2.45) is 5.92 Å². The summed E-state index contributed by atoms with van der Waals surface area (Å²) in [7, 11) is 0. The minimum absolute atomic E-state index is 0. The first-order chi connectivity index (χ1) is 11.6. The van der Waals surface area contributed by atoms with Crippen LogP contribution in [0.25, 0.3) is 0 Å². The molecule has 3 heterocycles. The van der Waals surface area contributed by atoms with E-state index < -0.39 is 0 Å². The van der Waals surface area contributed by atoms with E-state index in [-0.39, 0.29) is 18.4 Å². The molecule has 3 atom stereocenters. The van der Waals surface area contributed by atoms with E-state index in [9.17, 15) is 4.79 Å². The minimum Gasteiger partial charge on any atom is -0.336 e. The van der Waals surface area contributed by atoms with Gasteiger partial charge in [-0.2, -0.15) is 0 Å². The van der Waals surface area contributed by atoms with Crippen LogP contribution in [0.4, 0.5) is 0 Å². The highest BCUT2D eigenvalue weighted by Crippen LogP contribution is 2.37. The molecule has 3 unspecified atom stereocenters. The van der Waals surface area contributed by atoms with Crippen molar-refractivity contribution in [2.75, 3.05) is 6.54 Å². The van der Waals surface area contributed by atoms with E-state index in [2.05, 4.69) is 10.2 Å². The fourth-order valence-corrected chi connectivity index (χ4v) is 5.14. The van der Waals surface area contributed by atoms with Crippen LogP contribution in [-0.4, -0.2) is 29.4 Å². The largest absolute Gasteiger partial charge is 0.336 e. The summed E-state index contributed by atoms with van der Waals surface area (Å²) in [5, 5.41) is 4.80. The van der Waals surface area contributed by atoms with Crippen LogP contribution in [0.3, 0.4) is 0 Å². The summed E-state index contributed by atoms with van der Waals surface area (Å²) < 4.78 is 0. The maximum Gasteiger partial charge on any atom is 0.223 e. The van der Waals surface area contributed by atoms with Crippen molar-refractivity contribution >= 4 is 41.5 Å². The standard InChI is InChI=1S/C19H24Cl2N2O.ClH/c20-16-6-3-13(11-17(16)21)18-2-1-7-23(18)19(24)10-12-8-14-4-5-15(9-12)22-14;/h3,6,11-12,14-15,18,22H,1-2,4-5,7-10H2;1H. The summed E-state index contributed by atoms with van der Waals surface area (Å²) in [4.78, 5) is 15.0. The second kappa shape index (κ2) is 8.04. The Hall–Kier alpha value is -0.480. The maximum absolute atomic E-state index is 12.9. The van der Waals surface area contributed by atoms with Crippen molar-refractivity contribution in [3.05, 3.63) is 33.8 Å². The number of piperidine rings is 1. The van der Waals surface area contributed by atoms with Crippen LogP contribution in [0, 0.1) is 5.92 Å². The first-order valence-corrected chi connectivity index (χ1v) is 9.86. The second-order valence-electron chi connectivity index (χ2n) is 7.60. The smallest absolute Gasteiger partial charge is 0.223 e. The van der Waals surface area contributed by atoms with Crippen LogP contribution < -0.4 is 5.32 Å². The zero-order valence-electron chi connectivity index (χ0n) is 14.2. The molecule has 3 aliphatic rings. The summed E-state index contributed by atoms with van der Waals surface area (Å²) in [6, 6.07) is 7.22. The van der Waals surface area contributed by atoms with Gasteiger partial charge in [-0.25, -0.2) is 0 Å². The molecule has 0 spiro atoms. The van der Waals surface area contributed by atoms with Crippen molar-refractivity contribution in [3.8, 4) is 0 Å². The number of nitrogens with one attached hydrogen (secondary N) is 1. The lowest BCUT2D eigenvalue weighted by Gasteiger charge is -2.31. The zero-order valence-corrected chi connectivity index (χ0v) is 16.5. The Morgan fingerprint density at radius 2 is 1.84 bits per heavy atom. The summed E-state index contributed by atoms with van der Waals surface area (Å²) >= 11 is 12.2. The van der Waals surface area contributed by atoms with E-state index in [0.29, 0.717) is 40.4 Å². The number of halogens is 3. The van der Waals surface area contributed by atoms with Crippen molar-refractivity contribution < 1.29 is 4.79 Å². The monoisotopic (exact) mass is 402 g/mol. The van der Waals surface area contributed by atoms with Gasteiger partial charge in [-0.15, -0.1) is 12.4 Å². The Morgan fingerprint density at radius 1 is 1.12 bits per heavy atom. The van der Waals surface area contributed by atoms with Crippen molar-refractivity contribution in [1.29, 1.82) is 0 Å². The SMILES string of the molecule is Cl.O=C(CC1CC2CCC(C1)N2)N1CCCC1c1ccc(Cl)c(Cl)c1.